The molecule has 0 spiro atoms. The van der Waals surface area contributed by atoms with Crippen molar-refractivity contribution in [1.82, 2.24) is 5.43 Å². The quantitative estimate of drug-likeness (QED) is 0.601. The molecule has 1 amide bonds. The van der Waals surface area contributed by atoms with Crippen molar-refractivity contribution in [2.24, 2.45) is 5.10 Å². The lowest BCUT2D eigenvalue weighted by atomic mass is 10.1. The van der Waals surface area contributed by atoms with Gasteiger partial charge < -0.3 is 14.6 Å². The average molecular weight is 390 g/mol. The summed E-state index contributed by atoms with van der Waals surface area (Å²) in [4.78, 5) is 22.4. The van der Waals surface area contributed by atoms with Crippen LogP contribution in [0.25, 0.3) is 0 Å². The fourth-order valence-corrected chi connectivity index (χ4v) is 2.30. The zero-order chi connectivity index (χ0) is 17.5. The molecule has 7 heteroatoms. The van der Waals surface area contributed by atoms with Gasteiger partial charge in [0.05, 0.1) is 17.2 Å². The molecule has 124 valence electrons. The topological polar surface area (TPSA) is 90.8 Å². The minimum Gasteiger partial charge on any atom is -0.546 e. The summed E-state index contributed by atoms with van der Waals surface area (Å²) in [5, 5.41) is 14.4. The molecular formula is C17H14BrN2O4-. The smallest absolute Gasteiger partial charge is 0.272 e. The molecule has 0 radical (unpaired) electrons. The van der Waals surface area contributed by atoms with Gasteiger partial charge in [0, 0.05) is 4.47 Å². The predicted molar refractivity (Wildman–Crippen MR) is 90.8 cm³/mol. The number of ether oxygens (including phenoxy) is 1. The van der Waals surface area contributed by atoms with Crippen LogP contribution in [0.4, 0.5) is 0 Å². The number of rotatable bonds is 6. The third kappa shape index (κ3) is 4.92. The maximum atomic E-state index is 12.1. The molecule has 6 nitrogen and oxygen atoms in total. The summed E-state index contributed by atoms with van der Waals surface area (Å²) in [5.74, 6) is -1.20. The van der Waals surface area contributed by atoms with Gasteiger partial charge in [0.2, 0.25) is 0 Å². The molecule has 0 atom stereocenters. The van der Waals surface area contributed by atoms with E-state index in [1.54, 1.807) is 49.4 Å². The van der Waals surface area contributed by atoms with Crippen LogP contribution in [0, 0.1) is 0 Å². The summed E-state index contributed by atoms with van der Waals surface area (Å²) in [6.45, 7) is 1.24. The molecule has 0 aromatic heterocycles. The maximum Gasteiger partial charge on any atom is 0.272 e. The Bertz CT molecular complexity index is 772. The van der Waals surface area contributed by atoms with Gasteiger partial charge in [-0.1, -0.05) is 12.1 Å². The summed E-state index contributed by atoms with van der Waals surface area (Å²) < 4.78 is 5.68. The van der Waals surface area contributed by atoms with Crippen molar-refractivity contribution in [2.45, 2.75) is 6.92 Å². The fourth-order valence-electron chi connectivity index (χ4n) is 1.84. The Morgan fingerprint density at radius 2 is 1.83 bits per heavy atom. The van der Waals surface area contributed by atoms with Gasteiger partial charge in [0.1, 0.15) is 12.4 Å². The van der Waals surface area contributed by atoms with Gasteiger partial charge >= 0.3 is 0 Å². The maximum absolute atomic E-state index is 12.1. The number of nitrogens with one attached hydrogen (secondary N) is 1. The van der Waals surface area contributed by atoms with Crippen molar-refractivity contribution in [3.05, 3.63) is 64.1 Å². The summed E-state index contributed by atoms with van der Waals surface area (Å²) in [6.07, 6.45) is 0. The molecule has 0 aliphatic rings. The molecule has 0 unspecified atom stereocenters. The molecule has 2 aromatic rings. The molecule has 2 rings (SSSR count). The van der Waals surface area contributed by atoms with E-state index in [1.165, 1.54) is 0 Å². The Labute approximate surface area is 147 Å². The molecule has 0 heterocycles. The number of carbonyl (C=O) groups is 2. The summed E-state index contributed by atoms with van der Waals surface area (Å²) in [5.41, 5.74) is 4.35. The lowest BCUT2D eigenvalue weighted by Crippen LogP contribution is -2.28. The zero-order valence-electron chi connectivity index (χ0n) is 12.8. The van der Waals surface area contributed by atoms with Crippen LogP contribution in [0.2, 0.25) is 0 Å². The molecule has 0 fully saturated rings. The number of amides is 1. The monoisotopic (exact) mass is 389 g/mol. The van der Waals surface area contributed by atoms with Crippen LogP contribution < -0.4 is 15.3 Å². The van der Waals surface area contributed by atoms with Crippen LogP contribution in [-0.4, -0.2) is 24.2 Å². The van der Waals surface area contributed by atoms with E-state index in [0.29, 0.717) is 21.5 Å². The minimum absolute atomic E-state index is 0.323. The van der Waals surface area contributed by atoms with Crippen LogP contribution >= 0.6 is 15.9 Å². The highest BCUT2D eigenvalue weighted by Crippen LogP contribution is 2.16. The van der Waals surface area contributed by atoms with E-state index in [9.17, 15) is 14.7 Å². The van der Waals surface area contributed by atoms with Crippen molar-refractivity contribution < 1.29 is 19.4 Å². The average Bonchev–Trinajstić information content (AvgIpc) is 2.58. The summed E-state index contributed by atoms with van der Waals surface area (Å²) in [6, 6.07) is 13.7. The van der Waals surface area contributed by atoms with Crippen LogP contribution in [0.3, 0.4) is 0 Å². The first-order valence-corrected chi connectivity index (χ1v) is 7.79. The number of carbonyl (C=O) groups excluding carboxylic acids is 2. The second-order valence-corrected chi connectivity index (χ2v) is 5.66. The Kier molecular flexibility index (Phi) is 6.08. The molecule has 0 bridgehead atoms. The highest BCUT2D eigenvalue weighted by atomic mass is 79.9. The number of benzene rings is 2. The van der Waals surface area contributed by atoms with Gasteiger partial charge in [0.15, 0.2) is 0 Å². The number of hydrogen-bond donors (Lipinski definition) is 1. The number of carboxylic acids is 1. The predicted octanol–water partition coefficient (Wildman–Crippen LogP) is 1.73. The van der Waals surface area contributed by atoms with Gasteiger partial charge in [-0.2, -0.15) is 5.10 Å². The van der Waals surface area contributed by atoms with Crippen LogP contribution in [-0.2, 0) is 4.79 Å². The van der Waals surface area contributed by atoms with E-state index >= 15 is 0 Å². The van der Waals surface area contributed by atoms with Crippen LogP contribution in [0.5, 0.6) is 5.75 Å². The van der Waals surface area contributed by atoms with E-state index < -0.39 is 12.6 Å². The SMILES string of the molecule is C/C(=N/NC(=O)c1ccccc1Br)c1ccc(OCC(=O)[O-])cc1. The Balaban J connectivity index is 2.01. The number of hydrazone groups is 1. The van der Waals surface area contributed by atoms with Gasteiger partial charge in [-0.25, -0.2) is 5.43 Å². The molecule has 2 aromatic carbocycles. The highest BCUT2D eigenvalue weighted by molar-refractivity contribution is 9.10. The van der Waals surface area contributed by atoms with Crippen LogP contribution in [0.1, 0.15) is 22.8 Å². The van der Waals surface area contributed by atoms with Gasteiger partial charge in [-0.3, -0.25) is 4.79 Å². The Morgan fingerprint density at radius 3 is 2.46 bits per heavy atom. The third-order valence-electron chi connectivity index (χ3n) is 3.07. The van der Waals surface area contributed by atoms with E-state index in [1.807, 2.05) is 6.07 Å². The second kappa shape index (κ2) is 8.26. The van der Waals surface area contributed by atoms with Crippen molar-refractivity contribution >= 4 is 33.5 Å². The fraction of sp³-hybridized carbons (Fsp3) is 0.118. The first-order valence-electron chi connectivity index (χ1n) is 6.99. The van der Waals surface area contributed by atoms with E-state index in [4.69, 9.17) is 4.74 Å². The van der Waals surface area contributed by atoms with Gasteiger partial charge in [0.25, 0.3) is 5.91 Å². The standard InChI is InChI=1S/C17H15BrN2O4/c1-11(12-6-8-13(9-7-12)24-10-16(21)22)19-20-17(23)14-4-2-3-5-15(14)18/h2-9H,10H2,1H3,(H,20,23)(H,21,22)/p-1/b19-11-. The van der Waals surface area contributed by atoms with E-state index in [2.05, 4.69) is 26.5 Å². The number of halogens is 1. The van der Waals surface area contributed by atoms with Crippen molar-refractivity contribution in [3.8, 4) is 5.75 Å². The highest BCUT2D eigenvalue weighted by Gasteiger charge is 2.08. The first-order chi connectivity index (χ1) is 11.5. The lowest BCUT2D eigenvalue weighted by Gasteiger charge is -2.08. The molecule has 1 N–H and O–H groups in total. The number of nitrogens with zero attached hydrogens (tertiary/aromatic N) is 1. The number of aliphatic carboxylic acids is 1. The van der Waals surface area contributed by atoms with E-state index in [0.717, 1.165) is 5.56 Å². The summed E-state index contributed by atoms with van der Waals surface area (Å²) >= 11 is 3.31. The number of carboxylic acid groups (broad SMARTS) is 1. The Hall–Kier alpha value is -2.67. The largest absolute Gasteiger partial charge is 0.546 e. The van der Waals surface area contributed by atoms with Crippen molar-refractivity contribution in [3.63, 3.8) is 0 Å². The second-order valence-electron chi connectivity index (χ2n) is 4.80. The molecule has 24 heavy (non-hydrogen) atoms. The number of hydrogen-bond acceptors (Lipinski definition) is 5. The molecule has 0 aliphatic carbocycles. The lowest BCUT2D eigenvalue weighted by molar-refractivity contribution is -0.307. The van der Waals surface area contributed by atoms with Crippen molar-refractivity contribution in [1.29, 1.82) is 0 Å². The molecular weight excluding hydrogens is 376 g/mol. The van der Waals surface area contributed by atoms with E-state index in [-0.39, 0.29) is 5.91 Å². The molecule has 0 aliphatic heterocycles. The molecule has 0 saturated carbocycles. The van der Waals surface area contributed by atoms with Gasteiger partial charge in [-0.15, -0.1) is 0 Å². The minimum atomic E-state index is -1.29. The first kappa shape index (κ1) is 17.7. The van der Waals surface area contributed by atoms with Gasteiger partial charge in [-0.05, 0) is 64.8 Å². The molecule has 0 saturated heterocycles. The Morgan fingerprint density at radius 1 is 1.17 bits per heavy atom. The third-order valence-corrected chi connectivity index (χ3v) is 3.76. The summed E-state index contributed by atoms with van der Waals surface area (Å²) in [7, 11) is 0. The normalized spacial score (nSPS) is 11.0. The van der Waals surface area contributed by atoms with Crippen molar-refractivity contribution in [2.75, 3.05) is 6.61 Å². The van der Waals surface area contributed by atoms with Crippen LogP contribution in [0.15, 0.2) is 58.1 Å². The zero-order valence-corrected chi connectivity index (χ0v) is 14.4.